The van der Waals surface area contributed by atoms with E-state index < -0.39 is 0 Å². The van der Waals surface area contributed by atoms with Crippen molar-refractivity contribution < 1.29 is 0 Å². The molecule has 0 aliphatic carbocycles. The quantitative estimate of drug-likeness (QED) is 0.650. The van der Waals surface area contributed by atoms with Crippen LogP contribution in [0.2, 0.25) is 0 Å². The first-order valence-corrected chi connectivity index (χ1v) is 6.18. The first-order valence-electron chi connectivity index (χ1n) is 6.18. The van der Waals surface area contributed by atoms with E-state index in [1.54, 1.807) is 0 Å². The summed E-state index contributed by atoms with van der Waals surface area (Å²) < 4.78 is 0. The molecule has 0 aromatic heterocycles. The van der Waals surface area contributed by atoms with Crippen molar-refractivity contribution in [3.05, 3.63) is 35.4 Å². The Bertz CT molecular complexity index is 258. The summed E-state index contributed by atoms with van der Waals surface area (Å²) in [4.78, 5) is 0. The van der Waals surface area contributed by atoms with Crippen molar-refractivity contribution in [3.8, 4) is 0 Å². The highest BCUT2D eigenvalue weighted by atomic mass is 14.1. The first-order chi connectivity index (χ1) is 7.09. The van der Waals surface area contributed by atoms with Crippen molar-refractivity contribution in [2.24, 2.45) is 5.92 Å². The van der Waals surface area contributed by atoms with Crippen molar-refractivity contribution in [1.29, 1.82) is 0 Å². The number of hydrogen-bond acceptors (Lipinski definition) is 0. The van der Waals surface area contributed by atoms with Gasteiger partial charge < -0.3 is 0 Å². The third kappa shape index (κ3) is 5.61. The average Bonchev–Trinajstić information content (AvgIpc) is 2.20. The van der Waals surface area contributed by atoms with Gasteiger partial charge in [-0.25, -0.2) is 0 Å². The van der Waals surface area contributed by atoms with Gasteiger partial charge >= 0.3 is 0 Å². The Labute approximate surface area is 95.7 Å². The first kappa shape index (κ1) is 14.2. The zero-order valence-corrected chi connectivity index (χ0v) is 11.2. The lowest BCUT2D eigenvalue weighted by Crippen LogP contribution is -1.95. The van der Waals surface area contributed by atoms with Crippen molar-refractivity contribution >= 4 is 0 Å². The summed E-state index contributed by atoms with van der Waals surface area (Å²) in [5, 5.41) is 0. The smallest absolute Gasteiger partial charge is 0.0219 e. The molecule has 86 valence electrons. The summed E-state index contributed by atoms with van der Waals surface area (Å²) in [6.45, 7) is 13.0. The van der Waals surface area contributed by atoms with Gasteiger partial charge in [-0.2, -0.15) is 0 Å². The molecule has 0 amide bonds. The second-order valence-corrected chi connectivity index (χ2v) is 4.50. The summed E-state index contributed by atoms with van der Waals surface area (Å²) in [6.07, 6.45) is 1.20. The van der Waals surface area contributed by atoms with Crippen LogP contribution in [0.1, 0.15) is 58.6 Å². The van der Waals surface area contributed by atoms with Crippen LogP contribution < -0.4 is 0 Å². The molecule has 15 heavy (non-hydrogen) atoms. The van der Waals surface area contributed by atoms with Gasteiger partial charge in [0.1, 0.15) is 0 Å². The lowest BCUT2D eigenvalue weighted by molar-refractivity contribution is 0.646. The molecule has 0 heteroatoms. The summed E-state index contributed by atoms with van der Waals surface area (Å²) in [5.74, 6) is 1.40. The normalized spacial score (nSPS) is 10.1. The molecule has 0 radical (unpaired) electrons. The molecule has 0 N–H and O–H groups in total. The Morgan fingerprint density at radius 3 is 2.07 bits per heavy atom. The molecular weight excluding hydrogens is 180 g/mol. The largest absolute Gasteiger partial charge is 0.0683 e. The van der Waals surface area contributed by atoms with E-state index in [9.17, 15) is 0 Å². The van der Waals surface area contributed by atoms with Crippen LogP contribution >= 0.6 is 0 Å². The van der Waals surface area contributed by atoms with Crippen LogP contribution in [0.3, 0.4) is 0 Å². The molecule has 0 spiro atoms. The molecule has 0 aliphatic heterocycles. The molecular formula is C15H26. The predicted octanol–water partition coefficient (Wildman–Crippen LogP) is 5.03. The number of benzene rings is 1. The minimum Gasteiger partial charge on any atom is -0.0683 e. The summed E-state index contributed by atoms with van der Waals surface area (Å²) in [5.41, 5.74) is 2.93. The molecule has 1 rings (SSSR count). The fourth-order valence-corrected chi connectivity index (χ4v) is 1.55. The van der Waals surface area contributed by atoms with Gasteiger partial charge in [0.15, 0.2) is 0 Å². The highest BCUT2D eigenvalue weighted by Gasteiger charge is 2.01. The molecule has 1 aromatic carbocycles. The average molecular weight is 206 g/mol. The molecule has 0 nitrogen and oxygen atoms in total. The van der Waals surface area contributed by atoms with E-state index in [1.807, 2.05) is 13.8 Å². The maximum atomic E-state index is 2.34. The Hall–Kier alpha value is -0.780. The monoisotopic (exact) mass is 206 g/mol. The molecule has 0 heterocycles. The van der Waals surface area contributed by atoms with Gasteiger partial charge in [-0.1, -0.05) is 65.8 Å². The van der Waals surface area contributed by atoms with Gasteiger partial charge in [-0.15, -0.1) is 0 Å². The topological polar surface area (TPSA) is 0 Å². The third-order valence-corrected chi connectivity index (χ3v) is 2.26. The fraction of sp³-hybridized carbons (Fsp3) is 0.600. The second-order valence-electron chi connectivity index (χ2n) is 4.50. The van der Waals surface area contributed by atoms with Crippen LogP contribution in [0.15, 0.2) is 24.3 Å². The molecule has 0 aliphatic rings. The summed E-state index contributed by atoms with van der Waals surface area (Å²) in [6, 6.07) is 8.96. The van der Waals surface area contributed by atoms with E-state index in [-0.39, 0.29) is 0 Å². The SMILES string of the molecule is CC.CC(C)Cc1cccc(C(C)C)c1. The van der Waals surface area contributed by atoms with Gasteiger partial charge in [0.25, 0.3) is 0 Å². The molecule has 0 atom stereocenters. The third-order valence-electron chi connectivity index (χ3n) is 2.26. The van der Waals surface area contributed by atoms with E-state index in [0.717, 1.165) is 5.92 Å². The fourth-order valence-electron chi connectivity index (χ4n) is 1.55. The van der Waals surface area contributed by atoms with Gasteiger partial charge in [0.05, 0.1) is 0 Å². The van der Waals surface area contributed by atoms with Crippen LogP contribution in [-0.4, -0.2) is 0 Å². The minimum absolute atomic E-state index is 0.645. The Kier molecular flexibility index (Phi) is 7.11. The maximum absolute atomic E-state index is 2.34. The molecule has 1 aromatic rings. The van der Waals surface area contributed by atoms with Gasteiger partial charge in [-0.3, -0.25) is 0 Å². The number of rotatable bonds is 3. The molecule has 0 unspecified atom stereocenters. The Morgan fingerprint density at radius 1 is 1.00 bits per heavy atom. The predicted molar refractivity (Wildman–Crippen MR) is 70.4 cm³/mol. The van der Waals surface area contributed by atoms with Gasteiger partial charge in [0.2, 0.25) is 0 Å². The van der Waals surface area contributed by atoms with E-state index in [2.05, 4.69) is 52.0 Å². The summed E-state index contributed by atoms with van der Waals surface area (Å²) >= 11 is 0. The molecule has 0 fully saturated rings. The Morgan fingerprint density at radius 2 is 1.60 bits per heavy atom. The van der Waals surface area contributed by atoms with Crippen LogP contribution in [0.4, 0.5) is 0 Å². The van der Waals surface area contributed by atoms with E-state index in [1.165, 1.54) is 17.5 Å². The molecule has 0 saturated heterocycles. The highest BCUT2D eigenvalue weighted by molar-refractivity contribution is 5.25. The van der Waals surface area contributed by atoms with Crippen LogP contribution in [0.5, 0.6) is 0 Å². The van der Waals surface area contributed by atoms with Crippen molar-refractivity contribution in [2.45, 2.75) is 53.9 Å². The number of hydrogen-bond donors (Lipinski definition) is 0. The second kappa shape index (κ2) is 7.50. The zero-order chi connectivity index (χ0) is 11.8. The van der Waals surface area contributed by atoms with Crippen molar-refractivity contribution in [1.82, 2.24) is 0 Å². The van der Waals surface area contributed by atoms with Gasteiger partial charge in [-0.05, 0) is 29.4 Å². The standard InChI is InChI=1S/C13H20.C2H6/c1-10(2)8-12-6-5-7-13(9-12)11(3)4;1-2/h5-7,9-11H,8H2,1-4H3;1-2H3. The lowest BCUT2D eigenvalue weighted by Gasteiger charge is -2.09. The maximum Gasteiger partial charge on any atom is -0.0219 e. The van der Waals surface area contributed by atoms with Crippen molar-refractivity contribution in [3.63, 3.8) is 0 Å². The van der Waals surface area contributed by atoms with Crippen LogP contribution in [-0.2, 0) is 6.42 Å². The van der Waals surface area contributed by atoms with Crippen molar-refractivity contribution in [2.75, 3.05) is 0 Å². The minimum atomic E-state index is 0.645. The molecule has 0 saturated carbocycles. The Balaban J connectivity index is 0.000000921. The summed E-state index contributed by atoms with van der Waals surface area (Å²) in [7, 11) is 0. The van der Waals surface area contributed by atoms with Crippen LogP contribution in [0, 0.1) is 5.92 Å². The van der Waals surface area contributed by atoms with E-state index in [4.69, 9.17) is 0 Å². The highest BCUT2D eigenvalue weighted by Crippen LogP contribution is 2.17. The zero-order valence-electron chi connectivity index (χ0n) is 11.2. The molecule has 0 bridgehead atoms. The van der Waals surface area contributed by atoms with E-state index in [0.29, 0.717) is 5.92 Å². The van der Waals surface area contributed by atoms with Gasteiger partial charge in [0, 0.05) is 0 Å². The lowest BCUT2D eigenvalue weighted by atomic mass is 9.97. The van der Waals surface area contributed by atoms with E-state index >= 15 is 0 Å². The van der Waals surface area contributed by atoms with Crippen LogP contribution in [0.25, 0.3) is 0 Å².